The molecule has 0 aromatic rings. The molecule has 0 aliphatic carbocycles. The number of amides is 1. The lowest BCUT2D eigenvalue weighted by atomic mass is 9.99. The summed E-state index contributed by atoms with van der Waals surface area (Å²) in [5, 5.41) is 54.7. The Morgan fingerprint density at radius 1 is 0.461 bits per heavy atom. The van der Waals surface area contributed by atoms with Gasteiger partial charge in [0.2, 0.25) is 5.91 Å². The minimum atomic E-state index is -1.57. The van der Waals surface area contributed by atoms with E-state index in [0.717, 1.165) is 83.5 Å². The van der Waals surface area contributed by atoms with Gasteiger partial charge in [-0.3, -0.25) is 4.79 Å². The third-order valence-corrected chi connectivity index (χ3v) is 14.1. The number of rotatable bonds is 52. The average molecular weight is 1060 g/mol. The molecule has 436 valence electrons. The monoisotopic (exact) mass is 1060 g/mol. The third-order valence-electron chi connectivity index (χ3n) is 14.1. The van der Waals surface area contributed by atoms with E-state index in [9.17, 15) is 30.3 Å². The number of unbranched alkanes of at least 4 members (excludes halogenated alkanes) is 24. The summed E-state index contributed by atoms with van der Waals surface area (Å²) in [5.41, 5.74) is 0. The van der Waals surface area contributed by atoms with Gasteiger partial charge in [-0.2, -0.15) is 0 Å². The number of aliphatic hydroxyl groups is 5. The summed E-state index contributed by atoms with van der Waals surface area (Å²) < 4.78 is 11.3. The Morgan fingerprint density at radius 3 is 1.16 bits per heavy atom. The summed E-state index contributed by atoms with van der Waals surface area (Å²) in [6.07, 6.45) is 74.1. The van der Waals surface area contributed by atoms with Crippen LogP contribution in [0.15, 0.2) is 109 Å². The lowest BCUT2D eigenvalue weighted by Crippen LogP contribution is -2.60. The van der Waals surface area contributed by atoms with Crippen molar-refractivity contribution in [2.45, 2.75) is 294 Å². The number of ether oxygens (including phenoxy) is 2. The maximum absolute atomic E-state index is 13.1. The molecule has 0 spiro atoms. The molecule has 7 atom stereocenters. The van der Waals surface area contributed by atoms with Crippen LogP contribution in [0.25, 0.3) is 0 Å². The second-order valence-corrected chi connectivity index (χ2v) is 21.1. The van der Waals surface area contributed by atoms with E-state index in [-0.39, 0.29) is 18.9 Å². The highest BCUT2D eigenvalue weighted by molar-refractivity contribution is 5.76. The summed E-state index contributed by atoms with van der Waals surface area (Å²) in [4.78, 5) is 13.1. The van der Waals surface area contributed by atoms with E-state index < -0.39 is 49.5 Å². The fourth-order valence-corrected chi connectivity index (χ4v) is 9.28. The van der Waals surface area contributed by atoms with Gasteiger partial charge in [0.1, 0.15) is 24.4 Å². The van der Waals surface area contributed by atoms with Gasteiger partial charge in [0.25, 0.3) is 0 Å². The van der Waals surface area contributed by atoms with E-state index in [2.05, 4.69) is 129 Å². The molecule has 1 aliphatic rings. The van der Waals surface area contributed by atoms with Gasteiger partial charge in [-0.1, -0.05) is 277 Å². The van der Waals surface area contributed by atoms with Crippen LogP contribution in [-0.4, -0.2) is 87.5 Å². The summed E-state index contributed by atoms with van der Waals surface area (Å²) in [5.74, 6) is -0.204. The van der Waals surface area contributed by atoms with Crippen LogP contribution < -0.4 is 5.32 Å². The first-order valence-electron chi connectivity index (χ1n) is 31.1. The van der Waals surface area contributed by atoms with Crippen molar-refractivity contribution in [2.75, 3.05) is 13.2 Å². The van der Waals surface area contributed by atoms with Crippen molar-refractivity contribution < 1.29 is 39.8 Å². The normalized spacial score (nSPS) is 19.6. The van der Waals surface area contributed by atoms with E-state index in [1.54, 1.807) is 0 Å². The molecule has 9 heteroatoms. The molecule has 6 N–H and O–H groups in total. The van der Waals surface area contributed by atoms with E-state index >= 15 is 0 Å². The molecule has 1 fully saturated rings. The van der Waals surface area contributed by atoms with Crippen LogP contribution in [0.5, 0.6) is 0 Å². The van der Waals surface area contributed by atoms with E-state index in [0.29, 0.717) is 12.8 Å². The quantitative estimate of drug-likeness (QED) is 0.0261. The largest absolute Gasteiger partial charge is 0.394 e. The van der Waals surface area contributed by atoms with Gasteiger partial charge >= 0.3 is 0 Å². The Bertz CT molecular complexity index is 1560. The number of aliphatic hydroxyl groups excluding tert-OH is 5. The third kappa shape index (κ3) is 43.8. The molecule has 76 heavy (non-hydrogen) atoms. The first-order valence-corrected chi connectivity index (χ1v) is 31.1. The minimum absolute atomic E-state index is 0.168. The summed E-state index contributed by atoms with van der Waals surface area (Å²) in [6, 6.07) is -0.759. The number of hydrogen-bond acceptors (Lipinski definition) is 8. The molecular formula is C67H115NO8. The van der Waals surface area contributed by atoms with Crippen molar-refractivity contribution in [1.82, 2.24) is 5.32 Å². The van der Waals surface area contributed by atoms with Crippen molar-refractivity contribution >= 4 is 5.91 Å². The van der Waals surface area contributed by atoms with Crippen molar-refractivity contribution in [1.29, 1.82) is 0 Å². The standard InChI is InChI=1S/C67H115NO8/c1-3-5-7-9-11-13-15-17-19-21-23-25-27-29-30-31-32-33-35-37-39-41-43-45-47-49-51-53-55-57-63(71)68-60(59-75-67-66(74)65(73)64(72)62(58-69)76-67)61(70)56-54-52-50-48-46-44-42-40-38-36-34-28-26-24-22-20-18-16-14-12-10-8-6-4-2/h5,7,11,13,17,19,23,25,29-30,32-33,37,39,43,45,49,51,60-62,64-67,69-70,72-74H,3-4,6,8-10,12,14-16,18,20-22,24,26-28,31,34-36,38,40-42,44,46-48,50,52-59H2,1-2H3,(H,68,71)/b7-5-,13-11-,19-17-,25-23-,30-29-,33-32-,39-37-,45-43-,51-49-. The maximum Gasteiger partial charge on any atom is 0.220 e. The summed E-state index contributed by atoms with van der Waals surface area (Å²) in [7, 11) is 0. The van der Waals surface area contributed by atoms with Gasteiger partial charge in [-0.05, 0) is 77.0 Å². The molecule has 7 unspecified atom stereocenters. The topological polar surface area (TPSA) is 149 Å². The number of carbonyl (C=O) groups excluding carboxylic acids is 1. The van der Waals surface area contributed by atoms with Crippen molar-refractivity contribution in [3.05, 3.63) is 109 Å². The molecule has 0 aromatic heterocycles. The maximum atomic E-state index is 13.1. The van der Waals surface area contributed by atoms with E-state index in [1.807, 2.05) is 0 Å². The zero-order valence-electron chi connectivity index (χ0n) is 48.5. The highest BCUT2D eigenvalue weighted by Gasteiger charge is 2.44. The van der Waals surface area contributed by atoms with Crippen molar-refractivity contribution in [3.8, 4) is 0 Å². The SMILES string of the molecule is CC/C=C\C/C=C\C/C=C\C/C=C\C/C=C\C/C=C\C/C=C\C/C=C\C/C=C\CCCC(=O)NC(COC1OC(CO)C(O)C(O)C1O)C(O)CCCCCCCCCCCCCCCCCCCCCCCCCC. The first-order chi connectivity index (χ1) is 37.3. The Morgan fingerprint density at radius 2 is 0.803 bits per heavy atom. The number of nitrogens with one attached hydrogen (secondary N) is 1. The Balaban J connectivity index is 2.25. The zero-order valence-corrected chi connectivity index (χ0v) is 48.5. The zero-order chi connectivity index (χ0) is 55.0. The lowest BCUT2D eigenvalue weighted by Gasteiger charge is -2.40. The van der Waals surface area contributed by atoms with Crippen LogP contribution in [0.3, 0.4) is 0 Å². The molecule has 9 nitrogen and oxygen atoms in total. The van der Waals surface area contributed by atoms with Crippen LogP contribution in [0.2, 0.25) is 0 Å². The van der Waals surface area contributed by atoms with Gasteiger partial charge in [-0.15, -0.1) is 0 Å². The lowest BCUT2D eigenvalue weighted by molar-refractivity contribution is -0.302. The summed E-state index contributed by atoms with van der Waals surface area (Å²) in [6.45, 7) is 3.71. The van der Waals surface area contributed by atoms with Gasteiger partial charge < -0.3 is 40.3 Å². The Labute approximate surface area is 466 Å². The van der Waals surface area contributed by atoms with Gasteiger partial charge in [0.15, 0.2) is 6.29 Å². The van der Waals surface area contributed by atoms with Crippen LogP contribution in [0.4, 0.5) is 0 Å². The summed E-state index contributed by atoms with van der Waals surface area (Å²) >= 11 is 0. The fourth-order valence-electron chi connectivity index (χ4n) is 9.28. The Hall–Kier alpha value is -3.15. The predicted molar refractivity (Wildman–Crippen MR) is 322 cm³/mol. The molecule has 0 bridgehead atoms. The molecule has 0 aromatic carbocycles. The van der Waals surface area contributed by atoms with Crippen LogP contribution in [0.1, 0.15) is 251 Å². The van der Waals surface area contributed by atoms with E-state index in [1.165, 1.54) is 135 Å². The number of carbonyl (C=O) groups is 1. The molecule has 1 saturated heterocycles. The van der Waals surface area contributed by atoms with Crippen LogP contribution in [0, 0.1) is 0 Å². The van der Waals surface area contributed by atoms with Crippen molar-refractivity contribution in [3.63, 3.8) is 0 Å². The second kappa shape index (κ2) is 55.2. The number of hydrogen-bond donors (Lipinski definition) is 6. The van der Waals surface area contributed by atoms with E-state index in [4.69, 9.17) is 9.47 Å². The molecule has 1 rings (SSSR count). The smallest absolute Gasteiger partial charge is 0.220 e. The fraction of sp³-hybridized carbons (Fsp3) is 0.716. The molecule has 1 amide bonds. The van der Waals surface area contributed by atoms with Crippen LogP contribution in [-0.2, 0) is 14.3 Å². The predicted octanol–water partition coefficient (Wildman–Crippen LogP) is 16.1. The highest BCUT2D eigenvalue weighted by Crippen LogP contribution is 2.23. The highest BCUT2D eigenvalue weighted by atomic mass is 16.7. The number of allylic oxidation sites excluding steroid dienone is 18. The minimum Gasteiger partial charge on any atom is -0.394 e. The molecule has 1 aliphatic heterocycles. The first kappa shape index (κ1) is 70.9. The molecule has 0 radical (unpaired) electrons. The molecule has 0 saturated carbocycles. The molecular weight excluding hydrogens is 947 g/mol. The van der Waals surface area contributed by atoms with Crippen molar-refractivity contribution in [2.24, 2.45) is 0 Å². The second-order valence-electron chi connectivity index (χ2n) is 21.1. The van der Waals surface area contributed by atoms with Gasteiger partial charge in [-0.25, -0.2) is 0 Å². The average Bonchev–Trinajstić information content (AvgIpc) is 3.42. The Kier molecular flexibility index (Phi) is 51.4. The molecule has 1 heterocycles. The van der Waals surface area contributed by atoms with Gasteiger partial charge in [0.05, 0.1) is 25.4 Å². The van der Waals surface area contributed by atoms with Crippen LogP contribution >= 0.6 is 0 Å². The van der Waals surface area contributed by atoms with Gasteiger partial charge in [0, 0.05) is 6.42 Å².